The van der Waals surface area contributed by atoms with Crippen LogP contribution >= 0.6 is 12.4 Å². The molecule has 1 aliphatic rings. The molecule has 1 atom stereocenters. The van der Waals surface area contributed by atoms with Crippen molar-refractivity contribution in [2.45, 2.75) is 12.2 Å². The summed E-state index contributed by atoms with van der Waals surface area (Å²) in [5, 5.41) is 6.56. The zero-order chi connectivity index (χ0) is 18.4. The molecule has 0 spiro atoms. The lowest BCUT2D eigenvalue weighted by molar-refractivity contribution is -0.125. The van der Waals surface area contributed by atoms with Crippen LogP contribution in [-0.2, 0) is 4.79 Å². The quantitative estimate of drug-likeness (QED) is 0.673. The first-order valence-electron chi connectivity index (χ1n) is 7.59. The second kappa shape index (κ2) is 9.70. The average Bonchev–Trinajstić information content (AvgIpc) is 2.53. The van der Waals surface area contributed by atoms with E-state index in [-0.39, 0.29) is 25.0 Å². The minimum atomic E-state index is -4.55. The van der Waals surface area contributed by atoms with Crippen molar-refractivity contribution in [3.8, 4) is 0 Å². The van der Waals surface area contributed by atoms with E-state index in [2.05, 4.69) is 5.32 Å². The molecule has 11 heteroatoms. The Labute approximate surface area is 153 Å². The topological polar surface area (TPSA) is 73.5 Å². The first-order chi connectivity index (χ1) is 11.7. The van der Waals surface area contributed by atoms with E-state index in [0.717, 1.165) is 0 Å². The molecule has 0 radical (unpaired) electrons. The molecule has 146 valence electrons. The van der Waals surface area contributed by atoms with Gasteiger partial charge in [0.05, 0.1) is 6.54 Å². The van der Waals surface area contributed by atoms with Crippen molar-refractivity contribution in [3.05, 3.63) is 35.6 Å². The van der Waals surface area contributed by atoms with Gasteiger partial charge in [0, 0.05) is 25.7 Å². The van der Waals surface area contributed by atoms with Crippen molar-refractivity contribution >= 4 is 24.3 Å². The monoisotopic (exact) mass is 398 g/mol. The molecule has 0 saturated carbocycles. The standard InChI is InChI=1S/C15H18F4N4O2.ClH/c16-11-3-1-2-10(6-11)12-7-20-4-5-23(12)8-13(24)22-14(25)21-9-15(17,18)19;/h1-3,6,12,20H,4-5,7-9H2,(H2,21,22,24,25);1H. The highest BCUT2D eigenvalue weighted by atomic mass is 35.5. The number of carbonyl (C=O) groups excluding carboxylic acids is 2. The molecule has 6 nitrogen and oxygen atoms in total. The lowest BCUT2D eigenvalue weighted by Crippen LogP contribution is -2.51. The Kier molecular flexibility index (Phi) is 8.25. The van der Waals surface area contributed by atoms with Gasteiger partial charge in [-0.1, -0.05) is 12.1 Å². The van der Waals surface area contributed by atoms with Crippen LogP contribution in [0.4, 0.5) is 22.4 Å². The molecular formula is C15H19ClF4N4O2. The number of amides is 3. The minimum absolute atomic E-state index is 0. The third-order valence-corrected chi connectivity index (χ3v) is 3.64. The summed E-state index contributed by atoms with van der Waals surface area (Å²) < 4.78 is 49.5. The number of hydrogen-bond donors (Lipinski definition) is 3. The van der Waals surface area contributed by atoms with Crippen LogP contribution in [0.3, 0.4) is 0 Å². The fourth-order valence-electron chi connectivity index (χ4n) is 2.55. The molecule has 2 rings (SSSR count). The molecule has 1 saturated heterocycles. The van der Waals surface area contributed by atoms with Crippen molar-refractivity contribution in [1.29, 1.82) is 0 Å². The Morgan fingerprint density at radius 3 is 2.69 bits per heavy atom. The molecule has 1 aromatic carbocycles. The number of benzene rings is 1. The Balaban J connectivity index is 0.00000338. The van der Waals surface area contributed by atoms with Crippen molar-refractivity contribution in [3.63, 3.8) is 0 Å². The summed E-state index contributed by atoms with van der Waals surface area (Å²) >= 11 is 0. The number of piperazine rings is 1. The largest absolute Gasteiger partial charge is 0.405 e. The maximum absolute atomic E-state index is 13.4. The second-order valence-corrected chi connectivity index (χ2v) is 5.59. The summed E-state index contributed by atoms with van der Waals surface area (Å²) in [5.74, 6) is -1.14. The molecule has 3 N–H and O–H groups in total. The van der Waals surface area contributed by atoms with Crippen molar-refractivity contribution in [2.75, 3.05) is 32.7 Å². The molecule has 1 aliphatic heterocycles. The number of hydrogen-bond acceptors (Lipinski definition) is 4. The summed E-state index contributed by atoms with van der Waals surface area (Å²) in [6.45, 7) is -0.164. The van der Waals surface area contributed by atoms with Crippen LogP contribution in [-0.4, -0.2) is 55.7 Å². The van der Waals surface area contributed by atoms with E-state index in [9.17, 15) is 27.2 Å². The van der Waals surface area contributed by atoms with Crippen molar-refractivity contribution in [1.82, 2.24) is 20.9 Å². The first kappa shape index (κ1) is 22.1. The molecule has 0 aromatic heterocycles. The van der Waals surface area contributed by atoms with Gasteiger partial charge in [0.2, 0.25) is 5.91 Å². The number of nitrogens with one attached hydrogen (secondary N) is 3. The Morgan fingerprint density at radius 1 is 1.31 bits per heavy atom. The SMILES string of the molecule is Cl.O=C(CN1CCNCC1c1cccc(F)c1)NC(=O)NCC(F)(F)F. The van der Waals surface area contributed by atoms with Crippen LogP contribution < -0.4 is 16.0 Å². The highest BCUT2D eigenvalue weighted by Gasteiger charge is 2.29. The molecule has 3 amide bonds. The van der Waals surface area contributed by atoms with Crippen LogP contribution in [0, 0.1) is 5.82 Å². The average molecular weight is 399 g/mol. The highest BCUT2D eigenvalue weighted by Crippen LogP contribution is 2.22. The number of alkyl halides is 3. The molecule has 26 heavy (non-hydrogen) atoms. The van der Waals surface area contributed by atoms with Gasteiger partial charge < -0.3 is 10.6 Å². The van der Waals surface area contributed by atoms with E-state index in [1.807, 2.05) is 5.32 Å². The molecule has 1 fully saturated rings. The van der Waals surface area contributed by atoms with E-state index in [4.69, 9.17) is 0 Å². The number of urea groups is 1. The number of carbonyl (C=O) groups is 2. The van der Waals surface area contributed by atoms with E-state index in [0.29, 0.717) is 25.2 Å². The number of imide groups is 1. The van der Waals surface area contributed by atoms with Gasteiger partial charge in [-0.05, 0) is 17.7 Å². The van der Waals surface area contributed by atoms with Crippen molar-refractivity contribution < 1.29 is 27.2 Å². The van der Waals surface area contributed by atoms with Gasteiger partial charge in [0.1, 0.15) is 12.4 Å². The Bertz CT molecular complexity index is 630. The van der Waals surface area contributed by atoms with E-state index < -0.39 is 30.5 Å². The maximum atomic E-state index is 13.4. The van der Waals surface area contributed by atoms with E-state index in [1.165, 1.54) is 12.1 Å². The smallest absolute Gasteiger partial charge is 0.329 e. The van der Waals surface area contributed by atoms with Crippen LogP contribution in [0.15, 0.2) is 24.3 Å². The van der Waals surface area contributed by atoms with Crippen LogP contribution in [0.2, 0.25) is 0 Å². The summed E-state index contributed by atoms with van der Waals surface area (Å²) in [5.41, 5.74) is 0.668. The summed E-state index contributed by atoms with van der Waals surface area (Å²) in [6.07, 6.45) is -4.55. The van der Waals surface area contributed by atoms with Crippen LogP contribution in [0.1, 0.15) is 11.6 Å². The zero-order valence-corrected chi connectivity index (χ0v) is 14.4. The fourth-order valence-corrected chi connectivity index (χ4v) is 2.55. The fraction of sp³-hybridized carbons (Fsp3) is 0.467. The highest BCUT2D eigenvalue weighted by molar-refractivity contribution is 5.95. The molecule has 1 heterocycles. The summed E-state index contributed by atoms with van der Waals surface area (Å²) in [7, 11) is 0. The molecule has 1 unspecified atom stereocenters. The first-order valence-corrected chi connectivity index (χ1v) is 7.59. The molecular weight excluding hydrogens is 380 g/mol. The predicted octanol–water partition coefficient (Wildman–Crippen LogP) is 1.58. The summed E-state index contributed by atoms with van der Waals surface area (Å²) in [6, 6.07) is 4.46. The van der Waals surface area contributed by atoms with Crippen LogP contribution in [0.25, 0.3) is 0 Å². The van der Waals surface area contributed by atoms with Gasteiger partial charge in [-0.15, -0.1) is 12.4 Å². The molecule has 0 aliphatic carbocycles. The lowest BCUT2D eigenvalue weighted by Gasteiger charge is -2.35. The normalized spacial score (nSPS) is 17.9. The second-order valence-electron chi connectivity index (χ2n) is 5.59. The zero-order valence-electron chi connectivity index (χ0n) is 13.6. The number of rotatable bonds is 4. The summed E-state index contributed by atoms with van der Waals surface area (Å²) in [4.78, 5) is 24.9. The van der Waals surface area contributed by atoms with Crippen LogP contribution in [0.5, 0.6) is 0 Å². The van der Waals surface area contributed by atoms with Gasteiger partial charge in [0.25, 0.3) is 0 Å². The van der Waals surface area contributed by atoms with E-state index >= 15 is 0 Å². The lowest BCUT2D eigenvalue weighted by atomic mass is 10.0. The van der Waals surface area contributed by atoms with E-state index in [1.54, 1.807) is 22.3 Å². The predicted molar refractivity (Wildman–Crippen MR) is 88.4 cm³/mol. The van der Waals surface area contributed by atoms with Gasteiger partial charge in [0.15, 0.2) is 0 Å². The number of nitrogens with zero attached hydrogens (tertiary/aromatic N) is 1. The maximum Gasteiger partial charge on any atom is 0.405 e. The minimum Gasteiger partial charge on any atom is -0.329 e. The number of halogens is 5. The third-order valence-electron chi connectivity index (χ3n) is 3.64. The van der Waals surface area contributed by atoms with Crippen molar-refractivity contribution in [2.24, 2.45) is 0 Å². The van der Waals surface area contributed by atoms with Gasteiger partial charge in [-0.3, -0.25) is 15.0 Å². The third kappa shape index (κ3) is 7.14. The van der Waals surface area contributed by atoms with Gasteiger partial charge >= 0.3 is 12.2 Å². The molecule has 1 aromatic rings. The Hall–Kier alpha value is -1.91. The Morgan fingerprint density at radius 2 is 2.04 bits per heavy atom. The molecule has 0 bridgehead atoms. The van der Waals surface area contributed by atoms with Gasteiger partial charge in [-0.25, -0.2) is 9.18 Å². The van der Waals surface area contributed by atoms with Gasteiger partial charge in [-0.2, -0.15) is 13.2 Å².